The molecule has 2 rings (SSSR count). The van der Waals surface area contributed by atoms with Crippen molar-refractivity contribution in [1.29, 1.82) is 0 Å². The molecule has 0 bridgehead atoms. The molecule has 144 valence electrons. The third-order valence-electron chi connectivity index (χ3n) is 3.83. The summed E-state index contributed by atoms with van der Waals surface area (Å²) in [5.41, 5.74) is 6.11. The van der Waals surface area contributed by atoms with Gasteiger partial charge in [0, 0.05) is 35.4 Å². The highest BCUT2D eigenvalue weighted by Crippen LogP contribution is 2.27. The van der Waals surface area contributed by atoms with Gasteiger partial charge in [-0.2, -0.15) is 0 Å². The smallest absolute Gasteiger partial charge is 0.276 e. The van der Waals surface area contributed by atoms with Crippen LogP contribution >= 0.6 is 23.2 Å². The average Bonchev–Trinajstić information content (AvgIpc) is 2.68. The van der Waals surface area contributed by atoms with E-state index in [2.05, 4.69) is 29.6 Å². The summed E-state index contributed by atoms with van der Waals surface area (Å²) in [4.78, 5) is 26.1. The van der Waals surface area contributed by atoms with Crippen LogP contribution in [0.5, 0.6) is 5.75 Å². The molecule has 0 aliphatic carbocycles. The summed E-state index contributed by atoms with van der Waals surface area (Å²) in [6.07, 6.45) is 0. The zero-order valence-electron chi connectivity index (χ0n) is 15.1. The van der Waals surface area contributed by atoms with Crippen LogP contribution in [0.15, 0.2) is 42.5 Å². The van der Waals surface area contributed by atoms with Gasteiger partial charge in [0.1, 0.15) is 5.75 Å². The van der Waals surface area contributed by atoms with Gasteiger partial charge in [0.15, 0.2) is 6.61 Å². The molecule has 0 heterocycles. The standard InChI is InChI=1S/C19H21Cl2N3O3/c1-3-24(4-2)15-8-5-13(6-9-15)19(26)23-22-18(25)12-27-17-11-14(20)7-10-16(17)21/h5-11H,3-4,12H2,1-2H3,(H,22,25)(H,23,26). The van der Waals surface area contributed by atoms with Crippen molar-refractivity contribution in [2.24, 2.45) is 0 Å². The molecule has 0 fully saturated rings. The normalized spacial score (nSPS) is 10.2. The first-order valence-electron chi connectivity index (χ1n) is 8.46. The molecule has 0 aromatic heterocycles. The van der Waals surface area contributed by atoms with Gasteiger partial charge in [0.25, 0.3) is 11.8 Å². The second kappa shape index (κ2) is 10.0. The zero-order valence-corrected chi connectivity index (χ0v) is 16.6. The number of nitrogens with zero attached hydrogens (tertiary/aromatic N) is 1. The molecule has 0 atom stereocenters. The van der Waals surface area contributed by atoms with E-state index < -0.39 is 11.8 Å². The molecule has 0 unspecified atom stereocenters. The average molecular weight is 410 g/mol. The number of hydrazine groups is 1. The van der Waals surface area contributed by atoms with Crippen molar-refractivity contribution < 1.29 is 14.3 Å². The molecule has 0 aliphatic heterocycles. The second-order valence-electron chi connectivity index (χ2n) is 5.58. The Balaban J connectivity index is 1.84. The highest BCUT2D eigenvalue weighted by Gasteiger charge is 2.10. The van der Waals surface area contributed by atoms with E-state index >= 15 is 0 Å². The van der Waals surface area contributed by atoms with E-state index in [0.717, 1.165) is 18.8 Å². The van der Waals surface area contributed by atoms with Crippen molar-refractivity contribution in [3.8, 4) is 5.75 Å². The van der Waals surface area contributed by atoms with Crippen molar-refractivity contribution in [3.05, 3.63) is 58.1 Å². The minimum atomic E-state index is -0.529. The van der Waals surface area contributed by atoms with Crippen LogP contribution in [0.2, 0.25) is 10.0 Å². The summed E-state index contributed by atoms with van der Waals surface area (Å²) < 4.78 is 5.30. The molecule has 0 spiro atoms. The van der Waals surface area contributed by atoms with E-state index in [9.17, 15) is 9.59 Å². The summed E-state index contributed by atoms with van der Waals surface area (Å²) in [5.74, 6) is -0.660. The Morgan fingerprint density at radius 3 is 2.30 bits per heavy atom. The molecule has 0 aliphatic rings. The van der Waals surface area contributed by atoms with Crippen LogP contribution in [-0.4, -0.2) is 31.5 Å². The number of anilines is 1. The summed E-state index contributed by atoms with van der Waals surface area (Å²) in [5, 5.41) is 0.779. The molecule has 2 N–H and O–H groups in total. The van der Waals surface area contributed by atoms with Crippen LogP contribution in [0.3, 0.4) is 0 Å². The number of amides is 2. The highest BCUT2D eigenvalue weighted by molar-refractivity contribution is 6.34. The number of nitrogens with one attached hydrogen (secondary N) is 2. The number of rotatable bonds is 7. The second-order valence-corrected chi connectivity index (χ2v) is 6.43. The number of carbonyl (C=O) groups is 2. The van der Waals surface area contributed by atoms with Gasteiger partial charge in [-0.1, -0.05) is 23.2 Å². The third-order valence-corrected chi connectivity index (χ3v) is 4.37. The van der Waals surface area contributed by atoms with Crippen molar-refractivity contribution in [2.45, 2.75) is 13.8 Å². The van der Waals surface area contributed by atoms with Gasteiger partial charge in [0.05, 0.1) is 5.02 Å². The SMILES string of the molecule is CCN(CC)c1ccc(C(=O)NNC(=O)COc2cc(Cl)ccc2Cl)cc1. The highest BCUT2D eigenvalue weighted by atomic mass is 35.5. The lowest BCUT2D eigenvalue weighted by Gasteiger charge is -2.21. The Hall–Kier alpha value is -2.44. The monoisotopic (exact) mass is 409 g/mol. The van der Waals surface area contributed by atoms with Gasteiger partial charge in [-0.25, -0.2) is 0 Å². The number of hydrogen-bond acceptors (Lipinski definition) is 4. The topological polar surface area (TPSA) is 70.7 Å². The number of hydrogen-bond donors (Lipinski definition) is 2. The molecule has 2 aromatic carbocycles. The molecule has 0 saturated heterocycles. The number of benzene rings is 2. The minimum absolute atomic E-state index is 0.289. The maximum absolute atomic E-state index is 12.1. The molecule has 8 heteroatoms. The van der Waals surface area contributed by atoms with E-state index in [1.54, 1.807) is 24.3 Å². The molecule has 27 heavy (non-hydrogen) atoms. The molecular weight excluding hydrogens is 389 g/mol. The fourth-order valence-corrected chi connectivity index (χ4v) is 2.71. The zero-order chi connectivity index (χ0) is 19.8. The molecule has 6 nitrogen and oxygen atoms in total. The Morgan fingerprint density at radius 1 is 1.00 bits per heavy atom. The molecule has 0 saturated carbocycles. The molecule has 2 amide bonds. The summed E-state index contributed by atoms with van der Waals surface area (Å²) >= 11 is 11.8. The maximum Gasteiger partial charge on any atom is 0.276 e. The maximum atomic E-state index is 12.1. The van der Waals surface area contributed by atoms with Crippen LogP contribution in [-0.2, 0) is 4.79 Å². The largest absolute Gasteiger partial charge is 0.482 e. The predicted octanol–water partition coefficient (Wildman–Crippen LogP) is 3.68. The van der Waals surface area contributed by atoms with Crippen LogP contribution in [0.25, 0.3) is 0 Å². The number of halogens is 2. The van der Waals surface area contributed by atoms with Crippen molar-refractivity contribution in [3.63, 3.8) is 0 Å². The lowest BCUT2D eigenvalue weighted by atomic mass is 10.2. The predicted molar refractivity (Wildman–Crippen MR) is 108 cm³/mol. The van der Waals surface area contributed by atoms with Crippen LogP contribution in [0, 0.1) is 0 Å². The Bertz CT molecular complexity index is 793. The number of carbonyl (C=O) groups excluding carboxylic acids is 2. The van der Waals surface area contributed by atoms with Gasteiger partial charge in [-0.15, -0.1) is 0 Å². The lowest BCUT2D eigenvalue weighted by Crippen LogP contribution is -2.43. The van der Waals surface area contributed by atoms with Gasteiger partial charge in [-0.3, -0.25) is 20.4 Å². The Kier molecular flexibility index (Phi) is 7.76. The lowest BCUT2D eigenvalue weighted by molar-refractivity contribution is -0.123. The fourth-order valence-electron chi connectivity index (χ4n) is 2.38. The van der Waals surface area contributed by atoms with Crippen LogP contribution < -0.4 is 20.5 Å². The van der Waals surface area contributed by atoms with Gasteiger partial charge in [0.2, 0.25) is 0 Å². The van der Waals surface area contributed by atoms with Gasteiger partial charge >= 0.3 is 0 Å². The minimum Gasteiger partial charge on any atom is -0.482 e. The quantitative estimate of drug-likeness (QED) is 0.684. The van der Waals surface area contributed by atoms with E-state index in [4.69, 9.17) is 27.9 Å². The van der Waals surface area contributed by atoms with E-state index in [0.29, 0.717) is 15.6 Å². The van der Waals surface area contributed by atoms with E-state index in [1.807, 2.05) is 12.1 Å². The van der Waals surface area contributed by atoms with Crippen molar-refractivity contribution in [1.82, 2.24) is 10.9 Å². The first-order chi connectivity index (χ1) is 12.9. The fraction of sp³-hybridized carbons (Fsp3) is 0.263. The first kappa shape index (κ1) is 20.9. The number of ether oxygens (including phenoxy) is 1. The Labute approximate surface area is 168 Å². The van der Waals surface area contributed by atoms with E-state index in [-0.39, 0.29) is 12.4 Å². The van der Waals surface area contributed by atoms with Crippen LogP contribution in [0.4, 0.5) is 5.69 Å². The van der Waals surface area contributed by atoms with E-state index in [1.165, 1.54) is 6.07 Å². The Morgan fingerprint density at radius 2 is 1.67 bits per heavy atom. The molecule has 0 radical (unpaired) electrons. The van der Waals surface area contributed by atoms with Crippen molar-refractivity contribution in [2.75, 3.05) is 24.6 Å². The summed E-state index contributed by atoms with van der Waals surface area (Å²) in [6.45, 7) is 5.58. The summed E-state index contributed by atoms with van der Waals surface area (Å²) in [6, 6.07) is 11.8. The molecular formula is C19H21Cl2N3O3. The molecule has 2 aromatic rings. The van der Waals surface area contributed by atoms with Gasteiger partial charge < -0.3 is 9.64 Å². The first-order valence-corrected chi connectivity index (χ1v) is 9.22. The van der Waals surface area contributed by atoms with Crippen molar-refractivity contribution >= 4 is 40.7 Å². The van der Waals surface area contributed by atoms with Gasteiger partial charge in [-0.05, 0) is 50.2 Å². The third kappa shape index (κ3) is 6.05. The summed E-state index contributed by atoms with van der Waals surface area (Å²) in [7, 11) is 0. The van der Waals surface area contributed by atoms with Crippen LogP contribution in [0.1, 0.15) is 24.2 Å².